The Morgan fingerprint density at radius 2 is 1.79 bits per heavy atom. The predicted molar refractivity (Wildman–Crippen MR) is 114 cm³/mol. The van der Waals surface area contributed by atoms with Crippen molar-refractivity contribution in [2.45, 2.75) is 11.4 Å². The summed E-state index contributed by atoms with van der Waals surface area (Å²) in [6.45, 7) is 0.459. The molecule has 0 radical (unpaired) electrons. The molecule has 1 atom stereocenters. The number of anilines is 1. The second kappa shape index (κ2) is 6.69. The third-order valence-electron chi connectivity index (χ3n) is 4.94. The maximum atomic E-state index is 13.6. The Balaban J connectivity index is 1.52. The summed E-state index contributed by atoms with van der Waals surface area (Å²) >= 11 is 7.60. The van der Waals surface area contributed by atoms with Crippen molar-refractivity contribution in [3.8, 4) is 0 Å². The van der Waals surface area contributed by atoms with Crippen LogP contribution in [0.1, 0.15) is 16.7 Å². The van der Waals surface area contributed by atoms with Gasteiger partial charge in [-0.3, -0.25) is 10.2 Å². The van der Waals surface area contributed by atoms with Gasteiger partial charge in [0, 0.05) is 16.1 Å². The Bertz CT molecular complexity index is 1100. The van der Waals surface area contributed by atoms with Crippen LogP contribution in [-0.2, 0) is 16.2 Å². The van der Waals surface area contributed by atoms with Crippen LogP contribution in [0.3, 0.4) is 0 Å². The number of carbonyl (C=O) groups is 1. The highest BCUT2D eigenvalue weighted by Crippen LogP contribution is 2.50. The first-order chi connectivity index (χ1) is 13.7. The molecule has 4 nitrogen and oxygen atoms in total. The molecule has 0 saturated heterocycles. The summed E-state index contributed by atoms with van der Waals surface area (Å²) in [6, 6.07) is 25.4. The monoisotopic (exact) mass is 405 g/mol. The summed E-state index contributed by atoms with van der Waals surface area (Å²) in [7, 11) is 0. The quantitative estimate of drug-likeness (QED) is 0.684. The number of carbonyl (C=O) groups excluding carboxylic acids is 1. The minimum atomic E-state index is -0.930. The van der Waals surface area contributed by atoms with Gasteiger partial charge in [-0.05, 0) is 23.8 Å². The summed E-state index contributed by atoms with van der Waals surface area (Å²) in [6.07, 6.45) is 0. The maximum Gasteiger partial charge on any atom is 0.270 e. The molecule has 5 rings (SSSR count). The number of amides is 1. The lowest BCUT2D eigenvalue weighted by molar-refractivity contribution is -0.121. The van der Waals surface area contributed by atoms with E-state index < -0.39 is 4.87 Å². The summed E-state index contributed by atoms with van der Waals surface area (Å²) in [5.74, 6) is -0.0200. The van der Waals surface area contributed by atoms with Crippen molar-refractivity contribution >= 4 is 40.0 Å². The molecule has 0 bridgehead atoms. The molecule has 1 unspecified atom stereocenters. The van der Waals surface area contributed by atoms with E-state index in [1.54, 1.807) is 0 Å². The van der Waals surface area contributed by atoms with Crippen LogP contribution in [-0.4, -0.2) is 11.0 Å². The van der Waals surface area contributed by atoms with Crippen LogP contribution in [0.4, 0.5) is 5.69 Å². The molecule has 3 aromatic rings. The topological polar surface area (TPSA) is 44.7 Å². The van der Waals surface area contributed by atoms with Gasteiger partial charge in [-0.1, -0.05) is 84.0 Å². The van der Waals surface area contributed by atoms with Gasteiger partial charge in [0.1, 0.15) is 5.04 Å². The first kappa shape index (κ1) is 17.3. The van der Waals surface area contributed by atoms with Crippen LogP contribution < -0.4 is 10.3 Å². The molecule has 2 heterocycles. The molecule has 138 valence electrons. The first-order valence-corrected chi connectivity index (χ1v) is 10.1. The SMILES string of the molecule is O=C1N(Cc2cccc(Cl)c2)c2ccccc2C12NN=C(c1ccccc1)S2. The molecule has 0 saturated carbocycles. The van der Waals surface area contributed by atoms with E-state index in [0.29, 0.717) is 11.6 Å². The molecular formula is C22H16ClN3OS. The molecule has 2 aliphatic heterocycles. The number of nitrogens with one attached hydrogen (secondary N) is 1. The second-order valence-corrected chi connectivity index (χ2v) is 8.36. The van der Waals surface area contributed by atoms with Gasteiger partial charge in [-0.15, -0.1) is 0 Å². The van der Waals surface area contributed by atoms with Gasteiger partial charge in [0.2, 0.25) is 4.87 Å². The van der Waals surface area contributed by atoms with Crippen molar-refractivity contribution in [3.05, 3.63) is 101 Å². The zero-order chi connectivity index (χ0) is 19.1. The van der Waals surface area contributed by atoms with Crippen molar-refractivity contribution in [2.24, 2.45) is 5.10 Å². The average Bonchev–Trinajstić information content (AvgIpc) is 3.27. The third kappa shape index (κ3) is 2.70. The molecule has 1 amide bonds. The number of para-hydroxylation sites is 1. The van der Waals surface area contributed by atoms with Gasteiger partial charge in [0.25, 0.3) is 5.91 Å². The van der Waals surface area contributed by atoms with Crippen molar-refractivity contribution < 1.29 is 4.79 Å². The van der Waals surface area contributed by atoms with Crippen LogP contribution in [0.25, 0.3) is 0 Å². The van der Waals surface area contributed by atoms with Crippen LogP contribution in [0, 0.1) is 0 Å². The average molecular weight is 406 g/mol. The Morgan fingerprint density at radius 1 is 1.00 bits per heavy atom. The van der Waals surface area contributed by atoms with Gasteiger partial charge in [0.05, 0.1) is 12.2 Å². The van der Waals surface area contributed by atoms with Crippen LogP contribution in [0.5, 0.6) is 0 Å². The summed E-state index contributed by atoms with van der Waals surface area (Å²) in [4.78, 5) is 14.5. The molecular weight excluding hydrogens is 390 g/mol. The van der Waals surface area contributed by atoms with Crippen molar-refractivity contribution in [2.75, 3.05) is 4.90 Å². The molecule has 0 aliphatic carbocycles. The normalized spacial score (nSPS) is 20.2. The highest BCUT2D eigenvalue weighted by Gasteiger charge is 2.55. The Morgan fingerprint density at radius 3 is 2.61 bits per heavy atom. The second-order valence-electron chi connectivity index (χ2n) is 6.72. The number of thioether (sulfide) groups is 1. The van der Waals surface area contributed by atoms with Crippen molar-refractivity contribution in [1.29, 1.82) is 0 Å². The van der Waals surface area contributed by atoms with Gasteiger partial charge >= 0.3 is 0 Å². The zero-order valence-corrected chi connectivity index (χ0v) is 16.4. The predicted octanol–water partition coefficient (Wildman–Crippen LogP) is 4.74. The first-order valence-electron chi connectivity index (χ1n) is 8.92. The lowest BCUT2D eigenvalue weighted by atomic mass is 10.1. The van der Waals surface area contributed by atoms with E-state index >= 15 is 0 Å². The number of nitrogens with zero attached hydrogens (tertiary/aromatic N) is 2. The summed E-state index contributed by atoms with van der Waals surface area (Å²) in [5, 5.41) is 5.98. The van der Waals surface area contributed by atoms with Crippen LogP contribution >= 0.6 is 23.4 Å². The highest BCUT2D eigenvalue weighted by molar-refractivity contribution is 8.16. The molecule has 1 N–H and O–H groups in total. The molecule has 28 heavy (non-hydrogen) atoms. The fraction of sp³-hybridized carbons (Fsp3) is 0.0909. The molecule has 6 heteroatoms. The number of hydrogen-bond acceptors (Lipinski definition) is 4. The van der Waals surface area contributed by atoms with E-state index in [0.717, 1.165) is 27.4 Å². The van der Waals surface area contributed by atoms with E-state index in [1.165, 1.54) is 11.8 Å². The third-order valence-corrected chi connectivity index (χ3v) is 6.48. The summed E-state index contributed by atoms with van der Waals surface area (Å²) in [5.41, 5.74) is 6.96. The number of fused-ring (bicyclic) bond motifs is 2. The fourth-order valence-corrected chi connectivity index (χ4v) is 5.05. The smallest absolute Gasteiger partial charge is 0.270 e. The van der Waals surface area contributed by atoms with Crippen LogP contribution in [0.15, 0.2) is 84.0 Å². The Kier molecular flexibility index (Phi) is 4.14. The molecule has 1 spiro atoms. The van der Waals surface area contributed by atoms with Crippen molar-refractivity contribution in [1.82, 2.24) is 5.43 Å². The lowest BCUT2D eigenvalue weighted by Crippen LogP contribution is -2.44. The fourth-order valence-electron chi connectivity index (χ4n) is 3.63. The Hall–Kier alpha value is -2.76. The van der Waals surface area contributed by atoms with Crippen LogP contribution in [0.2, 0.25) is 5.02 Å². The molecule has 3 aromatic carbocycles. The largest absolute Gasteiger partial charge is 0.304 e. The maximum absolute atomic E-state index is 13.6. The van der Waals surface area contributed by atoms with Gasteiger partial charge in [0.15, 0.2) is 0 Å². The number of hydrogen-bond donors (Lipinski definition) is 1. The number of halogens is 1. The highest BCUT2D eigenvalue weighted by atomic mass is 35.5. The van der Waals surface area contributed by atoms with E-state index in [-0.39, 0.29) is 5.91 Å². The van der Waals surface area contributed by atoms with Gasteiger partial charge in [-0.25, -0.2) is 0 Å². The Labute approximate surface area is 172 Å². The minimum Gasteiger partial charge on any atom is -0.304 e. The van der Waals surface area contributed by atoms with E-state index in [1.807, 2.05) is 83.8 Å². The number of rotatable bonds is 3. The zero-order valence-electron chi connectivity index (χ0n) is 14.8. The van der Waals surface area contributed by atoms with E-state index in [9.17, 15) is 4.79 Å². The van der Waals surface area contributed by atoms with E-state index in [4.69, 9.17) is 11.6 Å². The van der Waals surface area contributed by atoms with Crippen molar-refractivity contribution in [3.63, 3.8) is 0 Å². The lowest BCUT2D eigenvalue weighted by Gasteiger charge is -2.23. The van der Waals surface area contributed by atoms with E-state index in [2.05, 4.69) is 10.5 Å². The minimum absolute atomic E-state index is 0.0200. The standard InChI is InChI=1S/C22H16ClN3OS/c23-17-10-6-7-15(13-17)14-26-19-12-5-4-11-18(19)22(21(26)27)25-24-20(28-22)16-8-2-1-3-9-16/h1-13,25H,14H2. The molecule has 2 aliphatic rings. The molecule has 0 fully saturated rings. The van der Waals surface area contributed by atoms with Gasteiger partial charge < -0.3 is 4.90 Å². The number of hydrazone groups is 1. The van der Waals surface area contributed by atoms with Gasteiger partial charge in [-0.2, -0.15) is 5.10 Å². The summed E-state index contributed by atoms with van der Waals surface area (Å²) < 4.78 is 0. The molecule has 0 aromatic heterocycles. The number of benzene rings is 3.